The van der Waals surface area contributed by atoms with Crippen molar-refractivity contribution in [2.45, 2.75) is 58.3 Å². The van der Waals surface area contributed by atoms with Crippen LogP contribution in [-0.2, 0) is 4.74 Å². The molecule has 4 N–H and O–H groups in total. The number of carbonyl (C=O) groups is 3. The van der Waals surface area contributed by atoms with E-state index in [4.69, 9.17) is 14.2 Å². The third kappa shape index (κ3) is 10.4. The molecule has 1 heterocycles. The molecule has 1 aliphatic rings. The number of urea groups is 2. The van der Waals surface area contributed by atoms with Crippen LogP contribution in [0.5, 0.6) is 11.5 Å². The SMILES string of the molecule is COc1ccc(NC(=O)Nc2ccc3c(c2)C(=O)N([C@H](C)CO)C[C@H](C)[C@@H](CN(C)C(=O)Nc2cccc4ccccc24)OCCCC[C@H](C)O3)cc1. The van der Waals surface area contributed by atoms with Crippen LogP contribution >= 0.6 is 0 Å². The van der Waals surface area contributed by atoms with E-state index in [1.807, 2.05) is 56.3 Å². The number of rotatable bonds is 8. The Balaban J connectivity index is 1.36. The molecule has 0 radical (unpaired) electrons. The molecule has 4 aromatic carbocycles. The summed E-state index contributed by atoms with van der Waals surface area (Å²) in [6.45, 7) is 6.44. The zero-order valence-corrected chi connectivity index (χ0v) is 31.1. The smallest absolute Gasteiger partial charge is 0.323 e. The number of methoxy groups -OCH3 is 1. The number of benzene rings is 4. The molecular formula is C41H51N5O7. The molecule has 0 saturated carbocycles. The number of fused-ring (bicyclic) bond motifs is 2. The number of aliphatic hydroxyl groups excluding tert-OH is 1. The molecular weight excluding hydrogens is 674 g/mol. The molecule has 12 heteroatoms. The van der Waals surface area contributed by atoms with E-state index < -0.39 is 18.2 Å². The van der Waals surface area contributed by atoms with Gasteiger partial charge in [-0.3, -0.25) is 4.79 Å². The number of ether oxygens (including phenoxy) is 3. The Bertz CT molecular complexity index is 1850. The Morgan fingerprint density at radius 3 is 2.43 bits per heavy atom. The molecule has 4 aromatic rings. The van der Waals surface area contributed by atoms with Gasteiger partial charge in [-0.25, -0.2) is 9.59 Å². The first-order chi connectivity index (χ1) is 25.6. The molecule has 0 fully saturated rings. The van der Waals surface area contributed by atoms with Gasteiger partial charge in [-0.15, -0.1) is 0 Å². The van der Waals surface area contributed by atoms with Crippen molar-refractivity contribution in [3.05, 3.63) is 90.5 Å². The molecule has 1 aliphatic heterocycles. The molecule has 53 heavy (non-hydrogen) atoms. The molecule has 5 rings (SSSR count). The average molecular weight is 726 g/mol. The number of aliphatic hydroxyl groups is 1. The van der Waals surface area contributed by atoms with Crippen LogP contribution in [0.15, 0.2) is 84.9 Å². The first-order valence-electron chi connectivity index (χ1n) is 18.1. The largest absolute Gasteiger partial charge is 0.497 e. The third-order valence-corrected chi connectivity index (χ3v) is 9.49. The molecule has 0 bridgehead atoms. The van der Waals surface area contributed by atoms with Crippen molar-refractivity contribution in [1.29, 1.82) is 0 Å². The van der Waals surface area contributed by atoms with E-state index in [-0.39, 0.29) is 49.2 Å². The zero-order valence-electron chi connectivity index (χ0n) is 31.1. The minimum Gasteiger partial charge on any atom is -0.497 e. The summed E-state index contributed by atoms with van der Waals surface area (Å²) in [5, 5.41) is 20.9. The predicted octanol–water partition coefficient (Wildman–Crippen LogP) is 7.45. The lowest BCUT2D eigenvalue weighted by atomic mass is 10.0. The minimum atomic E-state index is -0.550. The van der Waals surface area contributed by atoms with E-state index in [1.165, 1.54) is 0 Å². The Labute approximate surface area is 311 Å². The molecule has 0 aliphatic carbocycles. The Kier molecular flexibility index (Phi) is 13.5. The Morgan fingerprint density at radius 1 is 0.962 bits per heavy atom. The highest BCUT2D eigenvalue weighted by molar-refractivity contribution is 6.03. The molecule has 0 saturated heterocycles. The lowest BCUT2D eigenvalue weighted by Crippen LogP contribution is -2.48. The van der Waals surface area contributed by atoms with Crippen LogP contribution in [0, 0.1) is 5.92 Å². The van der Waals surface area contributed by atoms with E-state index in [1.54, 1.807) is 73.3 Å². The van der Waals surface area contributed by atoms with Crippen LogP contribution in [0.1, 0.15) is 50.4 Å². The van der Waals surface area contributed by atoms with E-state index in [0.717, 1.165) is 35.7 Å². The van der Waals surface area contributed by atoms with Gasteiger partial charge in [-0.05, 0) is 87.0 Å². The summed E-state index contributed by atoms with van der Waals surface area (Å²) in [6, 6.07) is 24.3. The quantitative estimate of drug-likeness (QED) is 0.148. The molecule has 0 aromatic heterocycles. The predicted molar refractivity (Wildman–Crippen MR) is 208 cm³/mol. The number of anilines is 3. The van der Waals surface area contributed by atoms with Crippen molar-refractivity contribution in [2.75, 3.05) is 56.4 Å². The molecule has 5 amide bonds. The summed E-state index contributed by atoms with van der Waals surface area (Å²) >= 11 is 0. The normalized spacial score (nSPS) is 18.9. The van der Waals surface area contributed by atoms with Crippen LogP contribution < -0.4 is 25.4 Å². The summed E-state index contributed by atoms with van der Waals surface area (Å²) in [6.07, 6.45) is 1.74. The first-order valence-corrected chi connectivity index (χ1v) is 18.1. The maximum Gasteiger partial charge on any atom is 0.323 e. The lowest BCUT2D eigenvalue weighted by Gasteiger charge is -2.35. The van der Waals surface area contributed by atoms with E-state index >= 15 is 0 Å². The number of nitrogens with one attached hydrogen (secondary N) is 3. The topological polar surface area (TPSA) is 142 Å². The van der Waals surface area contributed by atoms with Gasteiger partial charge in [0.2, 0.25) is 0 Å². The van der Waals surface area contributed by atoms with Gasteiger partial charge in [-0.1, -0.05) is 43.3 Å². The summed E-state index contributed by atoms with van der Waals surface area (Å²) < 4.78 is 17.9. The highest BCUT2D eigenvalue weighted by atomic mass is 16.5. The van der Waals surface area contributed by atoms with Crippen molar-refractivity contribution < 1.29 is 33.7 Å². The van der Waals surface area contributed by atoms with Crippen LogP contribution in [0.25, 0.3) is 10.8 Å². The monoisotopic (exact) mass is 725 g/mol. The van der Waals surface area contributed by atoms with E-state index in [9.17, 15) is 19.5 Å². The highest BCUT2D eigenvalue weighted by Gasteiger charge is 2.31. The number of likely N-dealkylation sites (N-methyl/N-ethyl adjacent to an activating group) is 1. The van der Waals surface area contributed by atoms with Crippen molar-refractivity contribution in [1.82, 2.24) is 9.80 Å². The van der Waals surface area contributed by atoms with Crippen LogP contribution in [0.3, 0.4) is 0 Å². The standard InChI is InChI=1S/C41H51N5O7/c1-27-24-46(28(2)26-47)39(48)35-23-32(43-40(49)42-31-16-19-33(51-5)20-17-31)18-21-37(35)53-29(3)11-8-9-22-52-38(27)25-45(4)41(50)44-36-15-10-13-30-12-6-7-14-34(30)36/h6-7,10,12-21,23,27-29,38,47H,8-9,11,22,24-26H2,1-5H3,(H,44,50)(H2,42,43,49)/t27-,28+,29-,38+/m0/s1. The van der Waals surface area contributed by atoms with Gasteiger partial charge in [0, 0.05) is 49.4 Å². The number of amides is 5. The van der Waals surface area contributed by atoms with Gasteiger partial charge in [0.1, 0.15) is 11.5 Å². The highest BCUT2D eigenvalue weighted by Crippen LogP contribution is 2.29. The number of nitrogens with zero attached hydrogens (tertiary/aromatic N) is 2. The second kappa shape index (κ2) is 18.4. The van der Waals surface area contributed by atoms with Gasteiger partial charge in [-0.2, -0.15) is 0 Å². The fourth-order valence-electron chi connectivity index (χ4n) is 6.33. The first kappa shape index (κ1) is 38.9. The maximum atomic E-state index is 14.5. The lowest BCUT2D eigenvalue weighted by molar-refractivity contribution is -0.0115. The Morgan fingerprint density at radius 2 is 1.68 bits per heavy atom. The minimum absolute atomic E-state index is 0.205. The van der Waals surface area contributed by atoms with Gasteiger partial charge >= 0.3 is 12.1 Å². The van der Waals surface area contributed by atoms with Gasteiger partial charge in [0.15, 0.2) is 0 Å². The summed E-state index contributed by atoms with van der Waals surface area (Å²) in [5.74, 6) is 0.459. The molecule has 0 spiro atoms. The summed E-state index contributed by atoms with van der Waals surface area (Å²) in [4.78, 5) is 44.1. The van der Waals surface area contributed by atoms with Gasteiger partial charge < -0.3 is 45.1 Å². The van der Waals surface area contributed by atoms with Crippen molar-refractivity contribution in [3.8, 4) is 11.5 Å². The second-order valence-corrected chi connectivity index (χ2v) is 13.7. The molecule has 0 unspecified atom stereocenters. The molecule has 12 nitrogen and oxygen atoms in total. The molecule has 282 valence electrons. The summed E-state index contributed by atoms with van der Waals surface area (Å²) in [5.41, 5.74) is 1.94. The maximum absolute atomic E-state index is 14.5. The fraction of sp³-hybridized carbons (Fsp3) is 0.390. The van der Waals surface area contributed by atoms with Crippen molar-refractivity contribution >= 4 is 45.8 Å². The van der Waals surface area contributed by atoms with Crippen molar-refractivity contribution in [3.63, 3.8) is 0 Å². The number of hydrogen-bond acceptors (Lipinski definition) is 7. The molecule has 4 atom stereocenters. The fourth-order valence-corrected chi connectivity index (χ4v) is 6.33. The van der Waals surface area contributed by atoms with Crippen molar-refractivity contribution in [2.24, 2.45) is 5.92 Å². The second-order valence-electron chi connectivity index (χ2n) is 13.7. The van der Waals surface area contributed by atoms with Gasteiger partial charge in [0.05, 0.1) is 43.2 Å². The average Bonchev–Trinajstić information content (AvgIpc) is 3.16. The summed E-state index contributed by atoms with van der Waals surface area (Å²) in [7, 11) is 3.30. The van der Waals surface area contributed by atoms with Crippen LogP contribution in [-0.4, -0.2) is 91.6 Å². The number of hydrogen-bond donors (Lipinski definition) is 4. The van der Waals surface area contributed by atoms with Crippen LogP contribution in [0.2, 0.25) is 0 Å². The Hall–Kier alpha value is -5.33. The third-order valence-electron chi connectivity index (χ3n) is 9.49. The van der Waals surface area contributed by atoms with E-state index in [0.29, 0.717) is 29.5 Å². The van der Waals surface area contributed by atoms with Crippen LogP contribution in [0.4, 0.5) is 26.7 Å². The zero-order chi connectivity index (χ0) is 37.9. The number of carbonyl (C=O) groups excluding carboxylic acids is 3. The van der Waals surface area contributed by atoms with E-state index in [2.05, 4.69) is 16.0 Å². The van der Waals surface area contributed by atoms with Gasteiger partial charge in [0.25, 0.3) is 5.91 Å².